The van der Waals surface area contributed by atoms with Crippen molar-refractivity contribution in [2.45, 2.75) is 38.6 Å². The van der Waals surface area contributed by atoms with Crippen LogP contribution < -0.4 is 11.1 Å². The Labute approximate surface area is 95.6 Å². The number of nitrogens with two attached hydrogens (primary N) is 1. The summed E-state index contributed by atoms with van der Waals surface area (Å²) in [5, 5.41) is 3.51. The quantitative estimate of drug-likeness (QED) is 0.714. The van der Waals surface area contributed by atoms with Gasteiger partial charge in [-0.15, -0.1) is 0 Å². The van der Waals surface area contributed by atoms with Crippen molar-refractivity contribution in [2.24, 2.45) is 11.7 Å². The Morgan fingerprint density at radius 3 is 2.80 bits per heavy atom. The van der Waals surface area contributed by atoms with E-state index in [1.54, 1.807) is 0 Å². The Bertz CT molecular complexity index is 199. The number of hydrogen-bond acceptors (Lipinski definition) is 3. The van der Waals surface area contributed by atoms with Crippen LogP contribution in [-0.2, 0) is 10.8 Å². The normalized spacial score (nSPS) is 28.9. The molecule has 0 amide bonds. The molecule has 1 aliphatic rings. The molecule has 3 unspecified atom stereocenters. The molecule has 3 nitrogen and oxygen atoms in total. The van der Waals surface area contributed by atoms with E-state index < -0.39 is 10.8 Å². The van der Waals surface area contributed by atoms with Crippen molar-refractivity contribution in [2.75, 3.05) is 24.6 Å². The summed E-state index contributed by atoms with van der Waals surface area (Å²) in [7, 11) is -0.638. The monoisotopic (exact) mass is 232 g/mol. The van der Waals surface area contributed by atoms with Crippen molar-refractivity contribution in [3.05, 3.63) is 0 Å². The second kappa shape index (κ2) is 7.36. The van der Waals surface area contributed by atoms with Gasteiger partial charge in [0.2, 0.25) is 0 Å². The van der Waals surface area contributed by atoms with Gasteiger partial charge in [0.15, 0.2) is 0 Å². The van der Waals surface area contributed by atoms with Gasteiger partial charge in [-0.3, -0.25) is 4.21 Å². The molecule has 4 heteroatoms. The minimum absolute atomic E-state index is 0.567. The molecular formula is C11H24N2OS. The van der Waals surface area contributed by atoms with E-state index in [0.29, 0.717) is 12.0 Å². The summed E-state index contributed by atoms with van der Waals surface area (Å²) in [6.45, 7) is 3.63. The largest absolute Gasteiger partial charge is 0.330 e. The van der Waals surface area contributed by atoms with Crippen molar-refractivity contribution in [1.29, 1.82) is 0 Å². The predicted octanol–water partition coefficient (Wildman–Crippen LogP) is 0.862. The van der Waals surface area contributed by atoms with Crippen LogP contribution >= 0.6 is 0 Å². The molecule has 0 bridgehead atoms. The average Bonchev–Trinajstić information content (AvgIpc) is 2.29. The van der Waals surface area contributed by atoms with Gasteiger partial charge < -0.3 is 11.1 Å². The van der Waals surface area contributed by atoms with Crippen LogP contribution in [0.2, 0.25) is 0 Å². The summed E-state index contributed by atoms with van der Waals surface area (Å²) in [4.78, 5) is 0. The first-order chi connectivity index (χ1) is 7.27. The predicted molar refractivity (Wildman–Crippen MR) is 66.4 cm³/mol. The Morgan fingerprint density at radius 1 is 1.40 bits per heavy atom. The third kappa shape index (κ3) is 4.62. The maximum absolute atomic E-state index is 11.3. The van der Waals surface area contributed by atoms with Crippen molar-refractivity contribution < 1.29 is 4.21 Å². The van der Waals surface area contributed by atoms with Crippen LogP contribution in [0.5, 0.6) is 0 Å². The zero-order valence-electron chi connectivity index (χ0n) is 9.71. The van der Waals surface area contributed by atoms with E-state index >= 15 is 0 Å². The van der Waals surface area contributed by atoms with Crippen LogP contribution in [0.4, 0.5) is 0 Å². The lowest BCUT2D eigenvalue weighted by Crippen LogP contribution is -2.43. The van der Waals surface area contributed by atoms with E-state index in [2.05, 4.69) is 5.32 Å². The van der Waals surface area contributed by atoms with Gasteiger partial charge in [-0.25, -0.2) is 0 Å². The van der Waals surface area contributed by atoms with E-state index in [1.165, 1.54) is 25.7 Å². The van der Waals surface area contributed by atoms with Gasteiger partial charge in [0.25, 0.3) is 0 Å². The summed E-state index contributed by atoms with van der Waals surface area (Å²) in [6.07, 6.45) is 5.12. The first kappa shape index (κ1) is 13.1. The number of hydrogen-bond donors (Lipinski definition) is 2. The fourth-order valence-electron chi connectivity index (χ4n) is 2.26. The Hall–Kier alpha value is 0.0700. The third-order valence-electron chi connectivity index (χ3n) is 3.27. The van der Waals surface area contributed by atoms with Gasteiger partial charge in [0.05, 0.1) is 0 Å². The van der Waals surface area contributed by atoms with E-state index in [1.807, 2.05) is 6.92 Å². The van der Waals surface area contributed by atoms with Gasteiger partial charge in [-0.2, -0.15) is 0 Å². The summed E-state index contributed by atoms with van der Waals surface area (Å²) in [5.41, 5.74) is 5.75. The van der Waals surface area contributed by atoms with Crippen LogP contribution in [0.25, 0.3) is 0 Å². The zero-order valence-corrected chi connectivity index (χ0v) is 10.5. The van der Waals surface area contributed by atoms with Crippen molar-refractivity contribution in [1.82, 2.24) is 5.32 Å². The molecule has 15 heavy (non-hydrogen) atoms. The standard InChI is InChI=1S/C11H24N2OS/c1-2-15(14)8-7-13-11-6-4-3-5-10(11)9-12/h10-11,13H,2-9,12H2,1H3. The van der Waals surface area contributed by atoms with E-state index in [-0.39, 0.29) is 0 Å². The molecule has 3 N–H and O–H groups in total. The molecule has 0 aromatic carbocycles. The highest BCUT2D eigenvalue weighted by Gasteiger charge is 2.22. The Balaban J connectivity index is 2.20. The van der Waals surface area contributed by atoms with Gasteiger partial charge in [0.1, 0.15) is 0 Å². The Kier molecular flexibility index (Phi) is 6.45. The molecule has 1 saturated carbocycles. The van der Waals surface area contributed by atoms with E-state index in [9.17, 15) is 4.21 Å². The molecule has 0 aromatic heterocycles. The second-order valence-electron chi connectivity index (χ2n) is 4.27. The topological polar surface area (TPSA) is 55.1 Å². The molecule has 90 valence electrons. The first-order valence-electron chi connectivity index (χ1n) is 6.06. The molecule has 3 atom stereocenters. The van der Waals surface area contributed by atoms with Gasteiger partial charge in [-0.05, 0) is 25.3 Å². The maximum atomic E-state index is 11.3. The van der Waals surface area contributed by atoms with Crippen LogP contribution in [0.3, 0.4) is 0 Å². The first-order valence-corrected chi connectivity index (χ1v) is 7.55. The van der Waals surface area contributed by atoms with E-state index in [0.717, 1.165) is 24.6 Å². The lowest BCUT2D eigenvalue weighted by molar-refractivity contribution is 0.272. The summed E-state index contributed by atoms with van der Waals surface area (Å²) >= 11 is 0. The zero-order chi connectivity index (χ0) is 11.1. The maximum Gasteiger partial charge on any atom is 0.0360 e. The molecular weight excluding hydrogens is 208 g/mol. The van der Waals surface area contributed by atoms with Crippen molar-refractivity contribution in [3.8, 4) is 0 Å². The molecule has 0 saturated heterocycles. The second-order valence-corrected chi connectivity index (χ2v) is 6.14. The molecule has 0 aromatic rings. The smallest absolute Gasteiger partial charge is 0.0360 e. The fourth-order valence-corrected chi connectivity index (χ4v) is 2.90. The fraction of sp³-hybridized carbons (Fsp3) is 1.00. The van der Waals surface area contributed by atoms with Crippen LogP contribution in [0.1, 0.15) is 32.6 Å². The summed E-state index contributed by atoms with van der Waals surface area (Å²) < 4.78 is 11.3. The van der Waals surface area contributed by atoms with Crippen molar-refractivity contribution in [3.63, 3.8) is 0 Å². The minimum Gasteiger partial charge on any atom is -0.330 e. The SMILES string of the molecule is CCS(=O)CCNC1CCCCC1CN. The highest BCUT2D eigenvalue weighted by atomic mass is 32.2. The average molecular weight is 232 g/mol. The van der Waals surface area contributed by atoms with Gasteiger partial charge in [-0.1, -0.05) is 19.8 Å². The lowest BCUT2D eigenvalue weighted by Gasteiger charge is -2.31. The summed E-state index contributed by atoms with van der Waals surface area (Å²) in [6, 6.07) is 0.567. The number of nitrogens with one attached hydrogen (secondary N) is 1. The molecule has 1 rings (SSSR count). The summed E-state index contributed by atoms with van der Waals surface area (Å²) in [5.74, 6) is 2.19. The van der Waals surface area contributed by atoms with Crippen LogP contribution in [0, 0.1) is 5.92 Å². The molecule has 1 aliphatic carbocycles. The van der Waals surface area contributed by atoms with Gasteiger partial charge >= 0.3 is 0 Å². The van der Waals surface area contributed by atoms with Crippen LogP contribution in [-0.4, -0.2) is 34.8 Å². The molecule has 0 aliphatic heterocycles. The highest BCUT2D eigenvalue weighted by Crippen LogP contribution is 2.23. The highest BCUT2D eigenvalue weighted by molar-refractivity contribution is 7.84. The van der Waals surface area contributed by atoms with Gasteiger partial charge in [0, 0.05) is 34.9 Å². The van der Waals surface area contributed by atoms with Crippen molar-refractivity contribution >= 4 is 10.8 Å². The molecule has 0 radical (unpaired) electrons. The van der Waals surface area contributed by atoms with E-state index in [4.69, 9.17) is 5.73 Å². The Morgan fingerprint density at radius 2 is 2.13 bits per heavy atom. The molecule has 0 spiro atoms. The van der Waals surface area contributed by atoms with Crippen LogP contribution in [0.15, 0.2) is 0 Å². The molecule has 1 fully saturated rings. The minimum atomic E-state index is -0.638. The molecule has 0 heterocycles. The third-order valence-corrected chi connectivity index (χ3v) is 4.57. The lowest BCUT2D eigenvalue weighted by atomic mass is 9.84. The number of rotatable bonds is 6.